The molecule has 0 unspecified atom stereocenters. The molecule has 1 heterocycles. The average molecular weight is 395 g/mol. The lowest BCUT2D eigenvalue weighted by molar-refractivity contribution is 0.0951. The van der Waals surface area contributed by atoms with Crippen LogP contribution in [0.15, 0.2) is 54.6 Å². The van der Waals surface area contributed by atoms with Crippen molar-refractivity contribution in [2.75, 3.05) is 6.54 Å². The summed E-state index contributed by atoms with van der Waals surface area (Å²) in [5, 5.41) is 3.76. The van der Waals surface area contributed by atoms with Crippen LogP contribution >= 0.6 is 11.6 Å². The van der Waals surface area contributed by atoms with Gasteiger partial charge in [-0.2, -0.15) is 0 Å². The molecule has 0 aliphatic carbocycles. The second-order valence-corrected chi connectivity index (χ2v) is 8.08. The summed E-state index contributed by atoms with van der Waals surface area (Å²) in [6.45, 7) is 9.07. The number of hydrogen-bond donors (Lipinski definition) is 1. The molecule has 4 heteroatoms. The standard InChI is InChI=1S/C24H27ClN2O/c1-16(2)12-13-26-24(28)22-15-23(19-8-10-20(25)11-9-19)27(18(22)4)21-7-5-6-17(3)14-21/h5-11,14-16H,12-13H2,1-4H3,(H,26,28). The molecule has 3 rings (SSSR count). The van der Waals surface area contributed by atoms with Crippen LogP contribution in [0.4, 0.5) is 0 Å². The number of rotatable bonds is 6. The highest BCUT2D eigenvalue weighted by atomic mass is 35.5. The molecule has 1 amide bonds. The lowest BCUT2D eigenvalue weighted by atomic mass is 10.1. The van der Waals surface area contributed by atoms with Crippen molar-refractivity contribution in [2.24, 2.45) is 5.92 Å². The van der Waals surface area contributed by atoms with Crippen molar-refractivity contribution in [3.63, 3.8) is 0 Å². The predicted octanol–water partition coefficient (Wildman–Crippen LogP) is 6.19. The number of halogens is 1. The number of carbonyl (C=O) groups excluding carboxylic acids is 1. The first-order valence-corrected chi connectivity index (χ1v) is 10.1. The predicted molar refractivity (Wildman–Crippen MR) is 117 cm³/mol. The van der Waals surface area contributed by atoms with E-state index in [1.807, 2.05) is 43.3 Å². The number of benzene rings is 2. The Morgan fingerprint density at radius 1 is 1.07 bits per heavy atom. The first kappa shape index (κ1) is 20.2. The van der Waals surface area contributed by atoms with E-state index in [0.29, 0.717) is 23.0 Å². The van der Waals surface area contributed by atoms with Gasteiger partial charge >= 0.3 is 0 Å². The smallest absolute Gasteiger partial charge is 0.253 e. The van der Waals surface area contributed by atoms with Gasteiger partial charge in [0.05, 0.1) is 11.3 Å². The number of aromatic nitrogens is 1. The van der Waals surface area contributed by atoms with Gasteiger partial charge in [0, 0.05) is 22.9 Å². The molecule has 0 radical (unpaired) electrons. The highest BCUT2D eigenvalue weighted by Gasteiger charge is 2.19. The average Bonchev–Trinajstić information content (AvgIpc) is 2.99. The number of hydrogen-bond acceptors (Lipinski definition) is 1. The summed E-state index contributed by atoms with van der Waals surface area (Å²) in [5.41, 5.74) is 5.86. The van der Waals surface area contributed by atoms with E-state index in [2.05, 4.69) is 48.9 Å². The molecule has 0 aliphatic rings. The van der Waals surface area contributed by atoms with Crippen molar-refractivity contribution in [1.82, 2.24) is 9.88 Å². The van der Waals surface area contributed by atoms with Crippen LogP contribution in [0.2, 0.25) is 5.02 Å². The third kappa shape index (κ3) is 4.48. The summed E-state index contributed by atoms with van der Waals surface area (Å²) in [6.07, 6.45) is 0.966. The monoisotopic (exact) mass is 394 g/mol. The first-order chi connectivity index (χ1) is 13.4. The summed E-state index contributed by atoms with van der Waals surface area (Å²) in [5.74, 6) is 0.530. The Labute approximate surface area is 172 Å². The number of aryl methyl sites for hydroxylation is 1. The Kier molecular flexibility index (Phi) is 6.25. The van der Waals surface area contributed by atoms with E-state index < -0.39 is 0 Å². The van der Waals surface area contributed by atoms with Gasteiger partial charge in [-0.05, 0) is 67.6 Å². The van der Waals surface area contributed by atoms with Crippen LogP contribution < -0.4 is 5.32 Å². The van der Waals surface area contributed by atoms with E-state index in [0.717, 1.165) is 29.1 Å². The van der Waals surface area contributed by atoms with Gasteiger partial charge in [-0.3, -0.25) is 4.79 Å². The minimum Gasteiger partial charge on any atom is -0.352 e. The van der Waals surface area contributed by atoms with Crippen LogP contribution in [-0.2, 0) is 0 Å². The highest BCUT2D eigenvalue weighted by molar-refractivity contribution is 6.30. The number of amides is 1. The van der Waals surface area contributed by atoms with Crippen LogP contribution in [0, 0.1) is 19.8 Å². The summed E-state index contributed by atoms with van der Waals surface area (Å²) in [6, 6.07) is 18.0. The number of nitrogens with zero attached hydrogens (tertiary/aromatic N) is 1. The first-order valence-electron chi connectivity index (χ1n) is 9.70. The minimum atomic E-state index is -0.0280. The molecule has 0 fully saturated rings. The highest BCUT2D eigenvalue weighted by Crippen LogP contribution is 2.30. The van der Waals surface area contributed by atoms with Crippen LogP contribution in [0.25, 0.3) is 16.9 Å². The second kappa shape index (κ2) is 8.66. The third-order valence-electron chi connectivity index (χ3n) is 4.90. The Hall–Kier alpha value is -2.52. The van der Waals surface area contributed by atoms with Gasteiger partial charge in [-0.1, -0.05) is 49.7 Å². The fourth-order valence-electron chi connectivity index (χ4n) is 3.34. The molecule has 0 spiro atoms. The second-order valence-electron chi connectivity index (χ2n) is 7.65. The summed E-state index contributed by atoms with van der Waals surface area (Å²) < 4.78 is 2.15. The van der Waals surface area contributed by atoms with Gasteiger partial charge in [0.15, 0.2) is 0 Å². The van der Waals surface area contributed by atoms with E-state index in [9.17, 15) is 4.79 Å². The van der Waals surface area contributed by atoms with E-state index in [4.69, 9.17) is 11.6 Å². The Balaban J connectivity index is 2.07. The van der Waals surface area contributed by atoms with Crippen LogP contribution in [0.3, 0.4) is 0 Å². The molecule has 0 bridgehead atoms. The molecule has 3 aromatic rings. The van der Waals surface area contributed by atoms with Crippen molar-refractivity contribution < 1.29 is 4.79 Å². The summed E-state index contributed by atoms with van der Waals surface area (Å²) in [7, 11) is 0. The van der Waals surface area contributed by atoms with Gasteiger partial charge in [0.2, 0.25) is 0 Å². The van der Waals surface area contributed by atoms with Gasteiger partial charge in [0.1, 0.15) is 0 Å². The Morgan fingerprint density at radius 3 is 2.43 bits per heavy atom. The number of carbonyl (C=O) groups is 1. The summed E-state index contributed by atoms with van der Waals surface area (Å²) >= 11 is 6.08. The summed E-state index contributed by atoms with van der Waals surface area (Å²) in [4.78, 5) is 12.9. The number of nitrogens with one attached hydrogen (secondary N) is 1. The van der Waals surface area contributed by atoms with Crippen LogP contribution in [-0.4, -0.2) is 17.0 Å². The Bertz CT molecular complexity index is 971. The molecular weight excluding hydrogens is 368 g/mol. The largest absolute Gasteiger partial charge is 0.352 e. The normalized spacial score (nSPS) is 11.1. The molecular formula is C24H27ClN2O. The zero-order valence-electron chi connectivity index (χ0n) is 16.9. The van der Waals surface area contributed by atoms with Crippen LogP contribution in [0.5, 0.6) is 0 Å². The molecule has 0 saturated carbocycles. The molecule has 0 saturated heterocycles. The van der Waals surface area contributed by atoms with E-state index >= 15 is 0 Å². The topological polar surface area (TPSA) is 34.0 Å². The van der Waals surface area contributed by atoms with E-state index in [-0.39, 0.29) is 5.91 Å². The van der Waals surface area contributed by atoms with E-state index in [1.54, 1.807) is 0 Å². The lowest BCUT2D eigenvalue weighted by Gasteiger charge is -2.13. The van der Waals surface area contributed by atoms with Crippen molar-refractivity contribution in [2.45, 2.75) is 34.1 Å². The third-order valence-corrected chi connectivity index (χ3v) is 5.15. The molecule has 0 atom stereocenters. The maximum absolute atomic E-state index is 12.9. The minimum absolute atomic E-state index is 0.0280. The van der Waals surface area contributed by atoms with Gasteiger partial charge in [-0.25, -0.2) is 0 Å². The molecule has 2 aromatic carbocycles. The maximum atomic E-state index is 12.9. The molecule has 28 heavy (non-hydrogen) atoms. The molecule has 1 aromatic heterocycles. The molecule has 146 valence electrons. The van der Waals surface area contributed by atoms with E-state index in [1.165, 1.54) is 5.56 Å². The molecule has 0 aliphatic heterocycles. The quantitative estimate of drug-likeness (QED) is 0.531. The van der Waals surface area contributed by atoms with Crippen molar-refractivity contribution >= 4 is 17.5 Å². The van der Waals surface area contributed by atoms with Crippen molar-refractivity contribution in [1.29, 1.82) is 0 Å². The van der Waals surface area contributed by atoms with Gasteiger partial charge < -0.3 is 9.88 Å². The molecule has 1 N–H and O–H groups in total. The van der Waals surface area contributed by atoms with Crippen molar-refractivity contribution in [3.8, 4) is 16.9 Å². The SMILES string of the molecule is Cc1cccc(-n2c(-c3ccc(Cl)cc3)cc(C(=O)NCCC(C)C)c2C)c1. The Morgan fingerprint density at radius 2 is 1.79 bits per heavy atom. The zero-order chi connectivity index (χ0) is 20.3. The fraction of sp³-hybridized carbons (Fsp3) is 0.292. The van der Waals surface area contributed by atoms with Gasteiger partial charge in [-0.15, -0.1) is 0 Å². The fourth-order valence-corrected chi connectivity index (χ4v) is 3.47. The maximum Gasteiger partial charge on any atom is 0.253 e. The van der Waals surface area contributed by atoms with Gasteiger partial charge in [0.25, 0.3) is 5.91 Å². The zero-order valence-corrected chi connectivity index (χ0v) is 17.7. The van der Waals surface area contributed by atoms with Crippen LogP contribution in [0.1, 0.15) is 41.9 Å². The molecule has 3 nitrogen and oxygen atoms in total. The van der Waals surface area contributed by atoms with Crippen molar-refractivity contribution in [3.05, 3.63) is 76.4 Å². The lowest BCUT2D eigenvalue weighted by Crippen LogP contribution is -2.25.